The predicted molar refractivity (Wildman–Crippen MR) is 108 cm³/mol. The summed E-state index contributed by atoms with van der Waals surface area (Å²) in [5, 5.41) is 2.83. The molecule has 1 amide bonds. The Kier molecular flexibility index (Phi) is 6.15. The summed E-state index contributed by atoms with van der Waals surface area (Å²) in [7, 11) is -3.54. The highest BCUT2D eigenvalue weighted by Crippen LogP contribution is 2.26. The molecule has 6 nitrogen and oxygen atoms in total. The summed E-state index contributed by atoms with van der Waals surface area (Å²) < 4.78 is 27.4. The number of amides is 1. The van der Waals surface area contributed by atoms with Gasteiger partial charge in [-0.25, -0.2) is 8.42 Å². The third-order valence-electron chi connectivity index (χ3n) is 5.12. The highest BCUT2D eigenvalue weighted by atomic mass is 32.2. The monoisotopic (exact) mass is 401 g/mol. The van der Waals surface area contributed by atoms with Gasteiger partial charge >= 0.3 is 0 Å². The molecule has 2 atom stereocenters. The van der Waals surface area contributed by atoms with Gasteiger partial charge in [-0.2, -0.15) is 4.31 Å². The predicted octanol–water partition coefficient (Wildman–Crippen LogP) is 2.99. The van der Waals surface area contributed by atoms with Crippen molar-refractivity contribution in [2.45, 2.75) is 38.6 Å². The molecule has 0 aliphatic carbocycles. The molecule has 2 aromatic rings. The van der Waals surface area contributed by atoms with Crippen molar-refractivity contribution in [3.05, 3.63) is 59.4 Å². The van der Waals surface area contributed by atoms with Crippen LogP contribution in [0.25, 0.3) is 0 Å². The molecule has 1 aromatic carbocycles. The lowest BCUT2D eigenvalue weighted by Crippen LogP contribution is -2.42. The molecular weight excluding hydrogens is 374 g/mol. The van der Waals surface area contributed by atoms with Gasteiger partial charge in [-0.1, -0.05) is 19.9 Å². The topological polar surface area (TPSA) is 79.4 Å². The molecule has 2 heterocycles. The first-order valence-electron chi connectivity index (χ1n) is 9.56. The minimum Gasteiger partial charge on any atom is -0.346 e. The SMILES string of the molecule is Cc1cccnc1CNC(=O)c1ccc(S(=O)(=O)N2CC(C)CC(C)C2)cc1. The van der Waals surface area contributed by atoms with Crippen LogP contribution < -0.4 is 5.32 Å². The van der Waals surface area contributed by atoms with E-state index in [-0.39, 0.29) is 10.8 Å². The van der Waals surface area contributed by atoms with Gasteiger partial charge in [0.25, 0.3) is 5.91 Å². The summed E-state index contributed by atoms with van der Waals surface area (Å²) in [6, 6.07) is 9.94. The van der Waals surface area contributed by atoms with Gasteiger partial charge in [0.15, 0.2) is 0 Å². The van der Waals surface area contributed by atoms with E-state index >= 15 is 0 Å². The largest absolute Gasteiger partial charge is 0.346 e. The van der Waals surface area contributed by atoms with E-state index in [1.54, 1.807) is 22.6 Å². The second-order valence-corrected chi connectivity index (χ2v) is 9.68. The van der Waals surface area contributed by atoms with E-state index in [9.17, 15) is 13.2 Å². The van der Waals surface area contributed by atoms with Crippen molar-refractivity contribution in [3.8, 4) is 0 Å². The third-order valence-corrected chi connectivity index (χ3v) is 6.97. The Morgan fingerprint density at radius 2 is 1.79 bits per heavy atom. The smallest absolute Gasteiger partial charge is 0.251 e. The molecule has 28 heavy (non-hydrogen) atoms. The molecule has 3 rings (SSSR count). The average Bonchev–Trinajstić information content (AvgIpc) is 2.66. The van der Waals surface area contributed by atoms with Gasteiger partial charge in [0.1, 0.15) is 0 Å². The van der Waals surface area contributed by atoms with Crippen LogP contribution in [0.1, 0.15) is 41.9 Å². The Morgan fingerprint density at radius 3 is 2.39 bits per heavy atom. The Morgan fingerprint density at radius 1 is 1.14 bits per heavy atom. The van der Waals surface area contributed by atoms with Crippen LogP contribution in [0.2, 0.25) is 0 Å². The molecular formula is C21H27N3O3S. The minimum absolute atomic E-state index is 0.228. The second kappa shape index (κ2) is 8.41. The zero-order valence-corrected chi connectivity index (χ0v) is 17.4. The average molecular weight is 402 g/mol. The summed E-state index contributed by atoms with van der Waals surface area (Å²) >= 11 is 0. The van der Waals surface area contributed by atoms with E-state index in [0.29, 0.717) is 37.0 Å². The van der Waals surface area contributed by atoms with Crippen LogP contribution in [-0.2, 0) is 16.6 Å². The van der Waals surface area contributed by atoms with Crippen LogP contribution in [0.5, 0.6) is 0 Å². The van der Waals surface area contributed by atoms with Crippen molar-refractivity contribution < 1.29 is 13.2 Å². The normalized spacial score (nSPS) is 20.7. The summed E-state index contributed by atoms with van der Waals surface area (Å²) in [4.78, 5) is 16.9. The van der Waals surface area contributed by atoms with Crippen molar-refractivity contribution in [1.29, 1.82) is 0 Å². The maximum Gasteiger partial charge on any atom is 0.251 e. The van der Waals surface area contributed by atoms with E-state index in [4.69, 9.17) is 0 Å². The van der Waals surface area contributed by atoms with Crippen molar-refractivity contribution in [2.75, 3.05) is 13.1 Å². The van der Waals surface area contributed by atoms with Crippen LogP contribution in [0, 0.1) is 18.8 Å². The lowest BCUT2D eigenvalue weighted by molar-refractivity contribution is 0.0950. The molecule has 0 radical (unpaired) electrons. The maximum atomic E-state index is 12.9. The summed E-state index contributed by atoms with van der Waals surface area (Å²) in [6.45, 7) is 7.51. The molecule has 1 aliphatic rings. The number of aryl methyl sites for hydroxylation is 1. The Hall–Kier alpha value is -2.25. The highest BCUT2D eigenvalue weighted by Gasteiger charge is 2.31. The number of hydrogen-bond donors (Lipinski definition) is 1. The van der Waals surface area contributed by atoms with Crippen molar-refractivity contribution in [1.82, 2.24) is 14.6 Å². The molecule has 1 aliphatic heterocycles. The fraction of sp³-hybridized carbons (Fsp3) is 0.429. The quantitative estimate of drug-likeness (QED) is 0.835. The molecule has 1 N–H and O–H groups in total. The number of rotatable bonds is 5. The fourth-order valence-corrected chi connectivity index (χ4v) is 5.38. The number of pyridine rings is 1. The van der Waals surface area contributed by atoms with Gasteiger partial charge in [-0.05, 0) is 61.1 Å². The fourth-order valence-electron chi connectivity index (χ4n) is 3.70. The van der Waals surface area contributed by atoms with Gasteiger partial charge in [-0.3, -0.25) is 9.78 Å². The first kappa shape index (κ1) is 20.5. The third kappa shape index (κ3) is 4.59. The first-order valence-corrected chi connectivity index (χ1v) is 11.0. The summed E-state index contributed by atoms with van der Waals surface area (Å²) in [6.07, 6.45) is 2.73. The molecule has 7 heteroatoms. The zero-order valence-electron chi connectivity index (χ0n) is 16.6. The number of carbonyl (C=O) groups excluding carboxylic acids is 1. The van der Waals surface area contributed by atoms with Crippen molar-refractivity contribution in [3.63, 3.8) is 0 Å². The molecule has 0 spiro atoms. The molecule has 150 valence electrons. The molecule has 1 aromatic heterocycles. The van der Waals surface area contributed by atoms with E-state index in [2.05, 4.69) is 24.1 Å². The van der Waals surface area contributed by atoms with Crippen LogP contribution in [0.3, 0.4) is 0 Å². The van der Waals surface area contributed by atoms with Crippen LogP contribution in [-0.4, -0.2) is 36.7 Å². The highest BCUT2D eigenvalue weighted by molar-refractivity contribution is 7.89. The number of benzene rings is 1. The van der Waals surface area contributed by atoms with Gasteiger partial charge in [0, 0.05) is 24.8 Å². The number of nitrogens with zero attached hydrogens (tertiary/aromatic N) is 2. The molecule has 1 saturated heterocycles. The molecule has 1 fully saturated rings. The Bertz CT molecular complexity index is 932. The van der Waals surface area contributed by atoms with E-state index in [0.717, 1.165) is 17.7 Å². The van der Waals surface area contributed by atoms with E-state index < -0.39 is 10.0 Å². The van der Waals surface area contributed by atoms with Gasteiger partial charge < -0.3 is 5.32 Å². The molecule has 0 saturated carbocycles. The standard InChI is InChI=1S/C21H27N3O3S/c1-15-11-16(2)14-24(13-15)28(26,27)19-8-6-18(7-9-19)21(25)23-12-20-17(3)5-4-10-22-20/h4-10,15-16H,11-14H2,1-3H3,(H,23,25). The minimum atomic E-state index is -3.54. The number of nitrogens with one attached hydrogen (secondary N) is 1. The first-order chi connectivity index (χ1) is 13.3. The number of piperidine rings is 1. The number of hydrogen-bond acceptors (Lipinski definition) is 4. The maximum absolute atomic E-state index is 12.9. The van der Waals surface area contributed by atoms with E-state index in [1.807, 2.05) is 19.1 Å². The van der Waals surface area contributed by atoms with Crippen molar-refractivity contribution >= 4 is 15.9 Å². The number of sulfonamides is 1. The van der Waals surface area contributed by atoms with E-state index in [1.165, 1.54) is 12.1 Å². The number of aromatic nitrogens is 1. The van der Waals surface area contributed by atoms with Crippen LogP contribution in [0.4, 0.5) is 0 Å². The van der Waals surface area contributed by atoms with Gasteiger partial charge in [-0.15, -0.1) is 0 Å². The lowest BCUT2D eigenvalue weighted by atomic mass is 9.94. The number of carbonyl (C=O) groups is 1. The lowest BCUT2D eigenvalue weighted by Gasteiger charge is -2.34. The Labute approximate surface area is 167 Å². The van der Waals surface area contributed by atoms with Crippen molar-refractivity contribution in [2.24, 2.45) is 11.8 Å². The summed E-state index contributed by atoms with van der Waals surface area (Å²) in [5.74, 6) is 0.437. The Balaban J connectivity index is 1.68. The molecule has 2 unspecified atom stereocenters. The van der Waals surface area contributed by atoms with Crippen LogP contribution >= 0.6 is 0 Å². The van der Waals surface area contributed by atoms with Crippen LogP contribution in [0.15, 0.2) is 47.5 Å². The second-order valence-electron chi connectivity index (χ2n) is 7.74. The summed E-state index contributed by atoms with van der Waals surface area (Å²) in [5.41, 5.74) is 2.24. The molecule has 0 bridgehead atoms. The zero-order chi connectivity index (χ0) is 20.3. The van der Waals surface area contributed by atoms with Gasteiger partial charge in [0.2, 0.25) is 10.0 Å². The van der Waals surface area contributed by atoms with Gasteiger partial charge in [0.05, 0.1) is 17.1 Å².